The fourth-order valence-electron chi connectivity index (χ4n) is 3.99. The maximum Gasteiger partial charge on any atom is 0.273 e. The van der Waals surface area contributed by atoms with Crippen LogP contribution in [-0.4, -0.2) is 50.3 Å². The van der Waals surface area contributed by atoms with Crippen molar-refractivity contribution in [2.24, 2.45) is 0 Å². The number of aromatic nitrogens is 2. The van der Waals surface area contributed by atoms with Crippen molar-refractivity contribution >= 4 is 17.7 Å². The number of nitrogens with one attached hydrogen (secondary N) is 2. The van der Waals surface area contributed by atoms with E-state index in [0.29, 0.717) is 19.5 Å². The number of fused-ring (bicyclic) bond motifs is 1. The van der Waals surface area contributed by atoms with Crippen molar-refractivity contribution in [3.63, 3.8) is 0 Å². The predicted octanol–water partition coefficient (Wildman–Crippen LogP) is 2.02. The van der Waals surface area contributed by atoms with Crippen LogP contribution in [0.15, 0.2) is 30.6 Å². The largest absolute Gasteiger partial charge is 0.350 e. The molecule has 1 aliphatic heterocycles. The molecule has 1 saturated carbocycles. The summed E-state index contributed by atoms with van der Waals surface area (Å²) in [4.78, 5) is 45.1. The van der Waals surface area contributed by atoms with Gasteiger partial charge < -0.3 is 20.1 Å². The molecule has 8 heteroatoms. The van der Waals surface area contributed by atoms with Gasteiger partial charge in [0, 0.05) is 19.1 Å². The molecule has 1 aliphatic carbocycles. The van der Waals surface area contributed by atoms with Crippen molar-refractivity contribution in [2.75, 3.05) is 6.54 Å². The number of aryl methyl sites for hydroxylation is 1. The summed E-state index contributed by atoms with van der Waals surface area (Å²) in [5.41, 5.74) is 1.48. The van der Waals surface area contributed by atoms with Crippen molar-refractivity contribution in [1.29, 1.82) is 0 Å². The fraction of sp³-hybridized carbons (Fsp3) is 0.478. The molecule has 0 spiro atoms. The van der Waals surface area contributed by atoms with Crippen LogP contribution in [0.4, 0.5) is 0 Å². The second-order valence-electron chi connectivity index (χ2n) is 8.72. The van der Waals surface area contributed by atoms with Gasteiger partial charge in [-0.2, -0.15) is 0 Å². The molecule has 0 radical (unpaired) electrons. The van der Waals surface area contributed by atoms with Crippen molar-refractivity contribution in [3.05, 3.63) is 53.1 Å². The number of carbonyl (C=O) groups is 3. The molecule has 0 bridgehead atoms. The zero-order valence-electron chi connectivity index (χ0n) is 18.3. The fourth-order valence-corrected chi connectivity index (χ4v) is 3.99. The molecule has 2 heterocycles. The van der Waals surface area contributed by atoms with Crippen LogP contribution in [-0.2, 0) is 17.9 Å². The summed E-state index contributed by atoms with van der Waals surface area (Å²) in [5, 5.41) is 5.88. The van der Waals surface area contributed by atoms with E-state index in [1.807, 2.05) is 38.1 Å². The smallest absolute Gasteiger partial charge is 0.273 e. The minimum Gasteiger partial charge on any atom is -0.350 e. The molecule has 1 aromatic heterocycles. The van der Waals surface area contributed by atoms with Gasteiger partial charge in [-0.25, -0.2) is 4.98 Å². The topological polar surface area (TPSA) is 96.3 Å². The lowest BCUT2D eigenvalue weighted by atomic mass is 9.93. The van der Waals surface area contributed by atoms with E-state index in [9.17, 15) is 14.4 Å². The van der Waals surface area contributed by atoms with Crippen molar-refractivity contribution < 1.29 is 14.4 Å². The first-order valence-corrected chi connectivity index (χ1v) is 10.8. The number of rotatable bonds is 7. The molecule has 4 rings (SSSR count). The summed E-state index contributed by atoms with van der Waals surface area (Å²) in [6, 6.07) is 8.14. The van der Waals surface area contributed by atoms with Crippen molar-refractivity contribution in [1.82, 2.24) is 25.1 Å². The van der Waals surface area contributed by atoms with Crippen LogP contribution in [0.1, 0.15) is 65.2 Å². The van der Waals surface area contributed by atoms with Crippen LogP contribution in [0, 0.1) is 6.92 Å². The molecule has 8 nitrogen and oxygen atoms in total. The standard InChI is InChI=1S/C23H29N5O3/c1-4-11-28-21(30)19-18(20(29)26-17-9-10-17)25-14-27(19)13-23(28,3)22(31)24-12-16-7-5-15(2)6-8-16/h5-8,14,17H,4,9-13H2,1-3H3,(H,24,31)(H,26,29)/t23-/m1/s1. The first-order valence-electron chi connectivity index (χ1n) is 10.8. The number of benzene rings is 1. The molecule has 2 aliphatic rings. The Labute approximate surface area is 182 Å². The van der Waals surface area contributed by atoms with Gasteiger partial charge in [-0.05, 0) is 38.7 Å². The van der Waals surface area contributed by atoms with E-state index in [-0.39, 0.29) is 41.7 Å². The summed E-state index contributed by atoms with van der Waals surface area (Å²) in [7, 11) is 0. The maximum atomic E-state index is 13.4. The third kappa shape index (κ3) is 4.06. The third-order valence-electron chi connectivity index (χ3n) is 6.00. The minimum absolute atomic E-state index is 0.139. The van der Waals surface area contributed by atoms with E-state index in [1.165, 1.54) is 6.33 Å². The van der Waals surface area contributed by atoms with Crippen LogP contribution in [0.2, 0.25) is 0 Å². The Kier molecular flexibility index (Phi) is 5.56. The number of hydrogen-bond donors (Lipinski definition) is 2. The van der Waals surface area contributed by atoms with E-state index in [4.69, 9.17) is 0 Å². The van der Waals surface area contributed by atoms with Crippen molar-refractivity contribution in [2.45, 2.75) is 64.7 Å². The van der Waals surface area contributed by atoms with E-state index in [0.717, 1.165) is 24.0 Å². The highest BCUT2D eigenvalue weighted by molar-refractivity contribution is 6.07. The molecule has 31 heavy (non-hydrogen) atoms. The number of hydrogen-bond acceptors (Lipinski definition) is 4. The normalized spacial score (nSPS) is 20.4. The molecule has 3 amide bonds. The summed E-state index contributed by atoms with van der Waals surface area (Å²) in [6.45, 7) is 6.80. The van der Waals surface area contributed by atoms with Gasteiger partial charge >= 0.3 is 0 Å². The first-order chi connectivity index (χ1) is 14.8. The van der Waals surface area contributed by atoms with E-state index < -0.39 is 5.54 Å². The second-order valence-corrected chi connectivity index (χ2v) is 8.72. The SMILES string of the molecule is CCCN1C(=O)c2c(C(=O)NC3CC3)ncn2C[C@]1(C)C(=O)NCc1ccc(C)cc1. The minimum atomic E-state index is -1.07. The third-order valence-corrected chi connectivity index (χ3v) is 6.00. The van der Waals surface area contributed by atoms with E-state index in [1.54, 1.807) is 16.4 Å². The number of amides is 3. The van der Waals surface area contributed by atoms with Gasteiger partial charge in [0.1, 0.15) is 11.2 Å². The van der Waals surface area contributed by atoms with Crippen molar-refractivity contribution in [3.8, 4) is 0 Å². The molecule has 1 fully saturated rings. The quantitative estimate of drug-likeness (QED) is 0.712. The van der Waals surface area contributed by atoms with Gasteiger partial charge in [-0.15, -0.1) is 0 Å². The number of carbonyl (C=O) groups excluding carboxylic acids is 3. The molecule has 0 saturated heterocycles. The van der Waals surface area contributed by atoms with Gasteiger partial charge in [-0.3, -0.25) is 14.4 Å². The lowest BCUT2D eigenvalue weighted by Crippen LogP contribution is -2.64. The summed E-state index contributed by atoms with van der Waals surface area (Å²) >= 11 is 0. The molecule has 1 atom stereocenters. The molecule has 0 unspecified atom stereocenters. The average Bonchev–Trinajstić information content (AvgIpc) is 3.46. The van der Waals surface area contributed by atoms with Gasteiger partial charge in [0.05, 0.1) is 12.9 Å². The maximum absolute atomic E-state index is 13.4. The van der Waals surface area contributed by atoms with Gasteiger partial charge in [0.15, 0.2) is 5.69 Å². The Balaban J connectivity index is 1.57. The Hall–Kier alpha value is -3.16. The zero-order chi connectivity index (χ0) is 22.2. The van der Waals surface area contributed by atoms with E-state index in [2.05, 4.69) is 15.6 Å². The lowest BCUT2D eigenvalue weighted by Gasteiger charge is -2.43. The van der Waals surface area contributed by atoms with Crippen LogP contribution >= 0.6 is 0 Å². The van der Waals surface area contributed by atoms with Crippen LogP contribution < -0.4 is 10.6 Å². The monoisotopic (exact) mass is 423 g/mol. The highest BCUT2D eigenvalue weighted by atomic mass is 16.2. The highest BCUT2D eigenvalue weighted by Crippen LogP contribution is 2.29. The van der Waals surface area contributed by atoms with Gasteiger partial charge in [-0.1, -0.05) is 36.8 Å². The Morgan fingerprint density at radius 3 is 2.58 bits per heavy atom. The molecular formula is C23H29N5O3. The first kappa shape index (κ1) is 21.1. The van der Waals surface area contributed by atoms with Crippen LogP contribution in [0.25, 0.3) is 0 Å². The Morgan fingerprint density at radius 1 is 1.23 bits per heavy atom. The summed E-state index contributed by atoms with van der Waals surface area (Å²) in [5.74, 6) is -0.883. The average molecular weight is 424 g/mol. The molecule has 2 aromatic rings. The van der Waals surface area contributed by atoms with Gasteiger partial charge in [0.2, 0.25) is 5.91 Å². The summed E-state index contributed by atoms with van der Waals surface area (Å²) in [6.07, 6.45) is 4.10. The van der Waals surface area contributed by atoms with Gasteiger partial charge in [0.25, 0.3) is 11.8 Å². The van der Waals surface area contributed by atoms with E-state index >= 15 is 0 Å². The Morgan fingerprint density at radius 2 is 1.94 bits per heavy atom. The van der Waals surface area contributed by atoms with Crippen LogP contribution in [0.3, 0.4) is 0 Å². The predicted molar refractivity (Wildman–Crippen MR) is 115 cm³/mol. The van der Waals surface area contributed by atoms with Crippen LogP contribution in [0.5, 0.6) is 0 Å². The molecule has 164 valence electrons. The number of imidazole rings is 1. The summed E-state index contributed by atoms with van der Waals surface area (Å²) < 4.78 is 1.64. The molecule has 1 aromatic carbocycles. The lowest BCUT2D eigenvalue weighted by molar-refractivity contribution is -0.133. The number of nitrogens with zero attached hydrogens (tertiary/aromatic N) is 3. The Bertz CT molecular complexity index is 1010. The second kappa shape index (κ2) is 8.17. The molecule has 2 N–H and O–H groups in total. The molecular weight excluding hydrogens is 394 g/mol. The highest BCUT2D eigenvalue weighted by Gasteiger charge is 2.48. The zero-order valence-corrected chi connectivity index (χ0v) is 18.3.